The van der Waals surface area contributed by atoms with Crippen LogP contribution < -0.4 is 5.32 Å². The Morgan fingerprint density at radius 3 is 2.38 bits per heavy atom. The van der Waals surface area contributed by atoms with Crippen LogP contribution in [0.3, 0.4) is 0 Å². The smallest absolute Gasteiger partial charge is 0.325 e. The van der Waals surface area contributed by atoms with E-state index in [-0.39, 0.29) is 11.9 Å². The number of nitrogens with zero attached hydrogens (tertiary/aromatic N) is 1. The van der Waals surface area contributed by atoms with E-state index in [0.717, 1.165) is 10.7 Å². The van der Waals surface area contributed by atoms with Crippen molar-refractivity contribution in [3.63, 3.8) is 0 Å². The number of hydrogen-bond donors (Lipinski definition) is 1. The molecule has 1 saturated heterocycles. The zero-order valence-corrected chi connectivity index (χ0v) is 9.75. The third-order valence-corrected chi connectivity index (χ3v) is 2.97. The number of rotatable bonds is 1. The Labute approximate surface area is 93.4 Å². The molecule has 5 heteroatoms. The lowest BCUT2D eigenvalue weighted by molar-refractivity contribution is -0.130. The normalized spacial score (nSPS) is 25.1. The highest BCUT2D eigenvalue weighted by Gasteiger charge is 2.48. The van der Waals surface area contributed by atoms with Gasteiger partial charge in [-0.2, -0.15) is 0 Å². The van der Waals surface area contributed by atoms with E-state index in [1.807, 2.05) is 6.92 Å². The second-order valence-electron chi connectivity index (χ2n) is 4.25. The summed E-state index contributed by atoms with van der Waals surface area (Å²) in [7, 11) is 1.46. The highest BCUT2D eigenvalue weighted by Crippen LogP contribution is 2.31. The summed E-state index contributed by atoms with van der Waals surface area (Å²) < 4.78 is 5.39. The van der Waals surface area contributed by atoms with Gasteiger partial charge in [0.05, 0.1) is 0 Å². The molecule has 3 amide bonds. The molecule has 0 radical (unpaired) electrons. The van der Waals surface area contributed by atoms with Gasteiger partial charge in [-0.15, -0.1) is 0 Å². The number of aryl methyl sites for hydroxylation is 2. The number of imide groups is 1. The highest BCUT2D eigenvalue weighted by atomic mass is 16.3. The molecular formula is C11H14N2O3. The van der Waals surface area contributed by atoms with Gasteiger partial charge in [-0.3, -0.25) is 9.69 Å². The van der Waals surface area contributed by atoms with Crippen LogP contribution in [0, 0.1) is 13.8 Å². The van der Waals surface area contributed by atoms with Crippen molar-refractivity contribution in [3.05, 3.63) is 23.2 Å². The fourth-order valence-electron chi connectivity index (χ4n) is 2.09. The van der Waals surface area contributed by atoms with Gasteiger partial charge >= 0.3 is 6.03 Å². The van der Waals surface area contributed by atoms with Crippen molar-refractivity contribution in [3.8, 4) is 0 Å². The zero-order chi connectivity index (χ0) is 12.1. The maximum absolute atomic E-state index is 12.0. The van der Waals surface area contributed by atoms with E-state index in [1.54, 1.807) is 19.9 Å². The van der Waals surface area contributed by atoms with E-state index in [1.165, 1.54) is 7.05 Å². The van der Waals surface area contributed by atoms with Gasteiger partial charge in [-0.05, 0) is 26.8 Å². The molecular weight excluding hydrogens is 208 g/mol. The molecule has 2 heterocycles. The molecule has 16 heavy (non-hydrogen) atoms. The fourth-order valence-corrected chi connectivity index (χ4v) is 2.09. The van der Waals surface area contributed by atoms with E-state index in [2.05, 4.69) is 5.32 Å². The molecule has 1 aliphatic rings. The number of likely N-dealkylation sites (N-methyl/N-ethyl adjacent to an activating group) is 1. The summed E-state index contributed by atoms with van der Waals surface area (Å²) in [4.78, 5) is 24.5. The van der Waals surface area contributed by atoms with E-state index in [9.17, 15) is 9.59 Å². The predicted molar refractivity (Wildman–Crippen MR) is 56.8 cm³/mol. The maximum Gasteiger partial charge on any atom is 0.325 e. The molecule has 86 valence electrons. The molecule has 0 aliphatic carbocycles. The van der Waals surface area contributed by atoms with Crippen molar-refractivity contribution in [1.29, 1.82) is 0 Å². The van der Waals surface area contributed by atoms with Gasteiger partial charge in [0.15, 0.2) is 0 Å². The quantitative estimate of drug-likeness (QED) is 0.728. The molecule has 0 saturated carbocycles. The van der Waals surface area contributed by atoms with E-state index in [0.29, 0.717) is 11.3 Å². The maximum atomic E-state index is 12.0. The summed E-state index contributed by atoms with van der Waals surface area (Å²) in [5, 5.41) is 2.68. The average molecular weight is 222 g/mol. The van der Waals surface area contributed by atoms with Gasteiger partial charge in [0.1, 0.15) is 17.1 Å². The first-order chi connectivity index (χ1) is 7.36. The first kappa shape index (κ1) is 10.7. The van der Waals surface area contributed by atoms with Crippen molar-refractivity contribution < 1.29 is 14.0 Å². The summed E-state index contributed by atoms with van der Waals surface area (Å²) in [6.45, 7) is 5.28. The fraction of sp³-hybridized carbons (Fsp3) is 0.455. The van der Waals surface area contributed by atoms with Gasteiger partial charge < -0.3 is 9.73 Å². The van der Waals surface area contributed by atoms with E-state index in [4.69, 9.17) is 4.42 Å². The first-order valence-electron chi connectivity index (χ1n) is 5.04. The van der Waals surface area contributed by atoms with Crippen LogP contribution >= 0.6 is 0 Å². The number of urea groups is 1. The Morgan fingerprint density at radius 2 is 2.00 bits per heavy atom. The number of amides is 3. The van der Waals surface area contributed by atoms with Crippen molar-refractivity contribution in [2.75, 3.05) is 7.05 Å². The Balaban J connectivity index is 2.52. The van der Waals surface area contributed by atoms with Crippen molar-refractivity contribution >= 4 is 11.9 Å². The number of furan rings is 1. The lowest BCUT2D eigenvalue weighted by Gasteiger charge is -2.20. The van der Waals surface area contributed by atoms with Crippen LogP contribution in [-0.2, 0) is 10.3 Å². The van der Waals surface area contributed by atoms with Crippen molar-refractivity contribution in [2.24, 2.45) is 0 Å². The SMILES string of the molecule is Cc1cc(C2(C)NC(=O)N(C)C2=O)c(C)o1. The number of nitrogens with one attached hydrogen (secondary N) is 1. The number of carbonyl (C=O) groups excluding carboxylic acids is 2. The van der Waals surface area contributed by atoms with E-state index < -0.39 is 5.54 Å². The predicted octanol–water partition coefficient (Wildman–Crippen LogP) is 1.29. The van der Waals surface area contributed by atoms with E-state index >= 15 is 0 Å². The summed E-state index contributed by atoms with van der Waals surface area (Å²) in [5.74, 6) is 1.12. The van der Waals surface area contributed by atoms with Crippen LogP contribution in [0.15, 0.2) is 10.5 Å². The zero-order valence-electron chi connectivity index (χ0n) is 9.75. The van der Waals surface area contributed by atoms with Crippen LogP contribution in [-0.4, -0.2) is 23.9 Å². The Hall–Kier alpha value is -1.78. The molecule has 1 unspecified atom stereocenters. The van der Waals surface area contributed by atoms with Crippen LogP contribution in [0.4, 0.5) is 4.79 Å². The molecule has 1 atom stereocenters. The monoisotopic (exact) mass is 222 g/mol. The summed E-state index contributed by atoms with van der Waals surface area (Å²) in [6.07, 6.45) is 0. The second kappa shape index (κ2) is 3.10. The van der Waals surface area contributed by atoms with Gasteiger partial charge in [0.25, 0.3) is 5.91 Å². The van der Waals surface area contributed by atoms with Crippen LogP contribution in [0.2, 0.25) is 0 Å². The third-order valence-electron chi connectivity index (χ3n) is 2.97. The van der Waals surface area contributed by atoms with Gasteiger partial charge in [0, 0.05) is 12.6 Å². The van der Waals surface area contributed by atoms with Crippen molar-refractivity contribution in [1.82, 2.24) is 10.2 Å². The summed E-state index contributed by atoms with van der Waals surface area (Å²) in [6, 6.07) is 1.40. The number of hydrogen-bond acceptors (Lipinski definition) is 3. The largest absolute Gasteiger partial charge is 0.466 e. The first-order valence-corrected chi connectivity index (χ1v) is 5.04. The van der Waals surface area contributed by atoms with Crippen molar-refractivity contribution in [2.45, 2.75) is 26.3 Å². The minimum absolute atomic E-state index is 0.263. The molecule has 1 fully saturated rings. The van der Waals surface area contributed by atoms with Crippen LogP contribution in [0.5, 0.6) is 0 Å². The molecule has 2 rings (SSSR count). The lowest BCUT2D eigenvalue weighted by atomic mass is 9.92. The molecule has 0 aromatic carbocycles. The molecule has 0 spiro atoms. The minimum Gasteiger partial charge on any atom is -0.466 e. The topological polar surface area (TPSA) is 62.6 Å². The standard InChI is InChI=1S/C11H14N2O3/c1-6-5-8(7(2)16-6)11(3)9(14)13(4)10(15)12-11/h5H,1-4H3,(H,12,15). The average Bonchev–Trinajstić information content (AvgIpc) is 2.63. The third kappa shape index (κ3) is 1.24. The highest BCUT2D eigenvalue weighted by molar-refractivity contribution is 6.07. The summed E-state index contributed by atoms with van der Waals surface area (Å²) >= 11 is 0. The molecule has 1 aromatic heterocycles. The Kier molecular flexibility index (Phi) is 2.08. The summed E-state index contributed by atoms with van der Waals surface area (Å²) in [5.41, 5.74) is -0.291. The van der Waals surface area contributed by atoms with Crippen LogP contribution in [0.1, 0.15) is 24.0 Å². The molecule has 1 aliphatic heterocycles. The number of carbonyl (C=O) groups is 2. The van der Waals surface area contributed by atoms with Crippen LogP contribution in [0.25, 0.3) is 0 Å². The van der Waals surface area contributed by atoms with Gasteiger partial charge in [-0.1, -0.05) is 0 Å². The Morgan fingerprint density at radius 1 is 1.38 bits per heavy atom. The minimum atomic E-state index is -1.01. The molecule has 5 nitrogen and oxygen atoms in total. The second-order valence-corrected chi connectivity index (χ2v) is 4.25. The molecule has 1 N–H and O–H groups in total. The molecule has 1 aromatic rings. The lowest BCUT2D eigenvalue weighted by Crippen LogP contribution is -2.40. The Bertz CT molecular complexity index is 478. The van der Waals surface area contributed by atoms with Gasteiger partial charge in [-0.25, -0.2) is 4.79 Å². The van der Waals surface area contributed by atoms with Gasteiger partial charge in [0.2, 0.25) is 0 Å². The molecule has 0 bridgehead atoms.